The van der Waals surface area contributed by atoms with Gasteiger partial charge < -0.3 is 2.85 Å². The SMILES string of the molecule is [Fe].[H-].[H-].[Mg+2].[O]=[Cr]. The molecule has 4 heavy (non-hydrogen) atoms. The number of rotatable bonds is 0. The maximum atomic E-state index is 8.12. The Bertz CT molecular complexity index is 13.5. The van der Waals surface area contributed by atoms with E-state index in [1.807, 2.05) is 0 Å². The summed E-state index contributed by atoms with van der Waals surface area (Å²) >= 11 is 1.38. The summed E-state index contributed by atoms with van der Waals surface area (Å²) in [5.41, 5.74) is 0. The minimum absolute atomic E-state index is 0. The third-order valence-corrected chi connectivity index (χ3v) is 0. The predicted molar refractivity (Wildman–Crippen MR) is 8.66 cm³/mol. The van der Waals surface area contributed by atoms with Crippen LogP contribution in [0.5, 0.6) is 0 Å². The summed E-state index contributed by atoms with van der Waals surface area (Å²) in [5, 5.41) is 0. The van der Waals surface area contributed by atoms with Crippen LogP contribution in [0, 0.1) is 0 Å². The predicted octanol–water partition coefficient (Wildman–Crippen LogP) is -0.280. The Morgan fingerprint density at radius 2 is 1.50 bits per heavy atom. The Morgan fingerprint density at radius 3 is 1.50 bits per heavy atom. The average molecular weight is 150 g/mol. The molecule has 1 nitrogen and oxygen atoms in total. The molecular weight excluding hydrogens is 148 g/mol. The zero-order valence-electron chi connectivity index (χ0n) is 3.88. The van der Waals surface area contributed by atoms with Crippen molar-refractivity contribution in [1.82, 2.24) is 0 Å². The first-order valence-electron chi connectivity index (χ1n) is 0.167. The minimum atomic E-state index is 0. The van der Waals surface area contributed by atoms with Gasteiger partial charge in [-0.15, -0.1) is 0 Å². The van der Waals surface area contributed by atoms with Gasteiger partial charge in [-0.3, -0.25) is 0 Å². The van der Waals surface area contributed by atoms with Gasteiger partial charge in [0, 0.05) is 17.1 Å². The van der Waals surface area contributed by atoms with E-state index >= 15 is 0 Å². The Balaban J connectivity index is -0.000000000833. The Kier molecular flexibility index (Phi) is 101. The van der Waals surface area contributed by atoms with Gasteiger partial charge in [0.1, 0.15) is 0 Å². The first-order chi connectivity index (χ1) is 1.00. The van der Waals surface area contributed by atoms with Gasteiger partial charge in [-0.2, -0.15) is 0 Å². The van der Waals surface area contributed by atoms with Gasteiger partial charge in [-0.1, -0.05) is 0 Å². The molecule has 0 aliphatic carbocycles. The quantitative estimate of drug-likeness (QED) is 0.434. The Labute approximate surface area is 62.7 Å². The van der Waals surface area contributed by atoms with Crippen molar-refractivity contribution in [1.29, 1.82) is 0 Å². The molecule has 0 bridgehead atoms. The molecule has 0 aromatic carbocycles. The second-order valence-electron chi connectivity index (χ2n) is 0. The van der Waals surface area contributed by atoms with Crippen LogP contribution in [0.25, 0.3) is 0 Å². The molecule has 0 amide bonds. The van der Waals surface area contributed by atoms with Crippen LogP contribution in [0.15, 0.2) is 0 Å². The summed E-state index contributed by atoms with van der Waals surface area (Å²) in [4.78, 5) is 0. The molecule has 0 aromatic rings. The summed E-state index contributed by atoms with van der Waals surface area (Å²) in [6.07, 6.45) is 0. The fourth-order valence-electron chi connectivity index (χ4n) is 0. The molecule has 0 radical (unpaired) electrons. The summed E-state index contributed by atoms with van der Waals surface area (Å²) < 4.78 is 8.12. The van der Waals surface area contributed by atoms with Crippen molar-refractivity contribution in [3.8, 4) is 0 Å². The molecule has 0 saturated carbocycles. The van der Waals surface area contributed by atoms with E-state index in [-0.39, 0.29) is 43.0 Å². The van der Waals surface area contributed by atoms with Crippen molar-refractivity contribution in [2.75, 3.05) is 0 Å². The normalized spacial score (nSPS) is 1.00. The van der Waals surface area contributed by atoms with Crippen LogP contribution in [0.2, 0.25) is 0 Å². The van der Waals surface area contributed by atoms with Crippen LogP contribution in [-0.2, 0) is 37.1 Å². The molecule has 0 fully saturated rings. The second-order valence-corrected chi connectivity index (χ2v) is 0. The zero-order valence-corrected chi connectivity index (χ0v) is 5.67. The van der Waals surface area contributed by atoms with E-state index in [0.29, 0.717) is 0 Å². The van der Waals surface area contributed by atoms with Crippen molar-refractivity contribution < 1.29 is 39.9 Å². The van der Waals surface area contributed by atoms with E-state index < -0.39 is 0 Å². The van der Waals surface area contributed by atoms with E-state index in [1.54, 1.807) is 0 Å². The van der Waals surface area contributed by atoms with Gasteiger partial charge in [-0.05, 0) is 0 Å². The molecule has 0 atom stereocenters. The van der Waals surface area contributed by atoms with E-state index in [4.69, 9.17) is 3.80 Å². The van der Waals surface area contributed by atoms with E-state index in [1.165, 1.54) is 16.2 Å². The van der Waals surface area contributed by atoms with Crippen LogP contribution in [0.1, 0.15) is 2.85 Å². The average Bonchev–Trinajstić information content (AvgIpc) is 1.00. The van der Waals surface area contributed by atoms with Gasteiger partial charge in [0.2, 0.25) is 0 Å². The van der Waals surface area contributed by atoms with Gasteiger partial charge in [0.15, 0.2) is 0 Å². The van der Waals surface area contributed by atoms with Crippen LogP contribution in [-0.4, -0.2) is 23.1 Å². The van der Waals surface area contributed by atoms with E-state index in [2.05, 4.69) is 0 Å². The molecule has 0 spiro atoms. The van der Waals surface area contributed by atoms with E-state index in [9.17, 15) is 0 Å². The van der Waals surface area contributed by atoms with Gasteiger partial charge in [-0.25, -0.2) is 0 Å². The molecule has 0 aromatic heterocycles. The van der Waals surface area contributed by atoms with E-state index in [0.717, 1.165) is 0 Å². The molecule has 0 aliphatic heterocycles. The van der Waals surface area contributed by atoms with Crippen molar-refractivity contribution in [3.63, 3.8) is 0 Å². The standard InChI is InChI=1S/Cr.Fe.Mg.O.2H/q;;+2;;2*-1. The molecule has 0 unspecified atom stereocenters. The fourth-order valence-corrected chi connectivity index (χ4v) is 0. The Morgan fingerprint density at radius 1 is 1.50 bits per heavy atom. The summed E-state index contributed by atoms with van der Waals surface area (Å²) in [5.74, 6) is 0. The van der Waals surface area contributed by atoms with Crippen molar-refractivity contribution in [2.24, 2.45) is 0 Å². The van der Waals surface area contributed by atoms with Crippen LogP contribution in [0.3, 0.4) is 0 Å². The van der Waals surface area contributed by atoms with Crippen LogP contribution < -0.4 is 0 Å². The molecule has 0 saturated heterocycles. The van der Waals surface area contributed by atoms with Gasteiger partial charge >= 0.3 is 43.1 Å². The maximum absolute atomic E-state index is 8.12. The summed E-state index contributed by atoms with van der Waals surface area (Å²) in [6, 6.07) is 0. The summed E-state index contributed by atoms with van der Waals surface area (Å²) in [7, 11) is 0. The third kappa shape index (κ3) is 9.47. The first-order valence-corrected chi connectivity index (χ1v) is 0.687. The van der Waals surface area contributed by atoms with Gasteiger partial charge in [0.05, 0.1) is 0 Å². The molecule has 4 heteroatoms. The molecular formula is H2CrFeMgO. The fraction of sp³-hybridized carbons (Fsp3) is 0. The first kappa shape index (κ1) is 17.5. The zero-order chi connectivity index (χ0) is 2.00. The van der Waals surface area contributed by atoms with Crippen molar-refractivity contribution in [3.05, 3.63) is 0 Å². The number of hydrogen-bond acceptors (Lipinski definition) is 1. The monoisotopic (exact) mass is 150 g/mol. The molecule has 0 rings (SSSR count). The topological polar surface area (TPSA) is 17.1 Å². The molecule has 0 aliphatic rings. The molecule has 24 valence electrons. The van der Waals surface area contributed by atoms with Crippen LogP contribution >= 0.6 is 0 Å². The van der Waals surface area contributed by atoms with Gasteiger partial charge in [0.25, 0.3) is 0 Å². The third-order valence-electron chi connectivity index (χ3n) is 0. The summed E-state index contributed by atoms with van der Waals surface area (Å²) in [6.45, 7) is 0. The second kappa shape index (κ2) is 23.1. The molecule has 0 heterocycles. The number of hydrogen-bond donors (Lipinski definition) is 0. The van der Waals surface area contributed by atoms with Crippen molar-refractivity contribution >= 4 is 23.1 Å². The molecule has 0 N–H and O–H groups in total. The van der Waals surface area contributed by atoms with Crippen molar-refractivity contribution in [2.45, 2.75) is 0 Å². The Hall–Kier alpha value is 1.62. The van der Waals surface area contributed by atoms with Crippen LogP contribution in [0.4, 0.5) is 0 Å².